The van der Waals surface area contributed by atoms with Gasteiger partial charge in [0.05, 0.1) is 11.2 Å². The van der Waals surface area contributed by atoms with E-state index in [1.54, 1.807) is 11.3 Å². The maximum atomic E-state index is 12.6. The molecule has 7 heteroatoms. The van der Waals surface area contributed by atoms with Crippen LogP contribution in [0.25, 0.3) is 0 Å². The average Bonchev–Trinajstić information content (AvgIpc) is 3.34. The second kappa shape index (κ2) is 7.72. The quantitative estimate of drug-likeness (QED) is 0.793. The highest BCUT2D eigenvalue weighted by molar-refractivity contribution is 7.08. The molecule has 6 nitrogen and oxygen atoms in total. The zero-order valence-electron chi connectivity index (χ0n) is 16.0. The van der Waals surface area contributed by atoms with Crippen molar-refractivity contribution in [3.8, 4) is 0 Å². The molecule has 2 aromatic heterocycles. The molecule has 1 spiro atoms. The normalized spacial score (nSPS) is 22.5. The molecular weight excluding hydrogens is 362 g/mol. The molecule has 2 aliphatic rings. The number of likely N-dealkylation sites (tertiary alicyclic amines) is 1. The van der Waals surface area contributed by atoms with E-state index in [1.165, 1.54) is 0 Å². The predicted octanol–water partition coefficient (Wildman–Crippen LogP) is 3.90. The first-order valence-electron chi connectivity index (χ1n) is 9.82. The number of nitrogens with zero attached hydrogens (tertiary/aromatic N) is 3. The molecule has 0 saturated carbocycles. The van der Waals surface area contributed by atoms with Gasteiger partial charge in [0, 0.05) is 37.4 Å². The lowest BCUT2D eigenvalue weighted by atomic mass is 9.78. The van der Waals surface area contributed by atoms with Gasteiger partial charge in [-0.1, -0.05) is 19.0 Å². The number of ether oxygens (including phenoxy) is 1. The van der Waals surface area contributed by atoms with Crippen LogP contribution in [-0.4, -0.2) is 46.2 Å². The van der Waals surface area contributed by atoms with Gasteiger partial charge in [0.1, 0.15) is 0 Å². The average molecular weight is 390 g/mol. The molecule has 0 radical (unpaired) electrons. The number of rotatable bonds is 4. The summed E-state index contributed by atoms with van der Waals surface area (Å²) in [4.78, 5) is 19.1. The van der Waals surface area contributed by atoms with Gasteiger partial charge in [-0.3, -0.25) is 4.79 Å². The van der Waals surface area contributed by atoms with Crippen LogP contribution >= 0.6 is 11.3 Å². The van der Waals surface area contributed by atoms with Gasteiger partial charge in [-0.15, -0.1) is 0 Å². The molecule has 2 aliphatic heterocycles. The number of carbonyl (C=O) groups is 1. The van der Waals surface area contributed by atoms with Crippen molar-refractivity contribution < 1.29 is 14.1 Å². The molecule has 0 N–H and O–H groups in total. The Hall–Kier alpha value is -1.73. The second-order valence-corrected chi connectivity index (χ2v) is 8.88. The Morgan fingerprint density at radius 3 is 2.89 bits per heavy atom. The highest BCUT2D eigenvalue weighted by Crippen LogP contribution is 2.39. The molecule has 4 rings (SSSR count). The van der Waals surface area contributed by atoms with Crippen LogP contribution < -0.4 is 0 Å². The third-order valence-electron chi connectivity index (χ3n) is 5.77. The Morgan fingerprint density at radius 1 is 1.41 bits per heavy atom. The molecule has 0 aromatic carbocycles. The van der Waals surface area contributed by atoms with E-state index in [9.17, 15) is 4.79 Å². The summed E-state index contributed by atoms with van der Waals surface area (Å²) in [6.45, 7) is 6.43. The smallest absolute Gasteiger partial charge is 0.254 e. The van der Waals surface area contributed by atoms with Crippen LogP contribution in [0.4, 0.5) is 0 Å². The number of aromatic nitrogens is 2. The Kier molecular flexibility index (Phi) is 5.32. The molecule has 0 bridgehead atoms. The first kappa shape index (κ1) is 18.6. The molecule has 146 valence electrons. The van der Waals surface area contributed by atoms with E-state index < -0.39 is 0 Å². The summed E-state index contributed by atoms with van der Waals surface area (Å²) in [5, 5.41) is 8.03. The van der Waals surface area contributed by atoms with E-state index >= 15 is 0 Å². The fraction of sp³-hybridized carbons (Fsp3) is 0.650. The summed E-state index contributed by atoms with van der Waals surface area (Å²) in [5.74, 6) is 2.44. The van der Waals surface area contributed by atoms with Gasteiger partial charge < -0.3 is 14.2 Å². The minimum atomic E-state index is -0.0983. The highest BCUT2D eigenvalue weighted by Gasteiger charge is 2.41. The lowest BCUT2D eigenvalue weighted by Gasteiger charge is -2.46. The minimum absolute atomic E-state index is 0.0983. The summed E-state index contributed by atoms with van der Waals surface area (Å²) in [7, 11) is 0. The van der Waals surface area contributed by atoms with Crippen LogP contribution in [0.5, 0.6) is 0 Å². The molecule has 27 heavy (non-hydrogen) atoms. The van der Waals surface area contributed by atoms with Crippen molar-refractivity contribution in [2.24, 2.45) is 5.92 Å². The lowest BCUT2D eigenvalue weighted by Crippen LogP contribution is -2.51. The topological polar surface area (TPSA) is 68.5 Å². The largest absolute Gasteiger partial charge is 0.375 e. The van der Waals surface area contributed by atoms with Crippen LogP contribution in [-0.2, 0) is 11.2 Å². The van der Waals surface area contributed by atoms with Crippen molar-refractivity contribution >= 4 is 17.2 Å². The molecular formula is C20H27N3O3S. The fourth-order valence-electron chi connectivity index (χ4n) is 4.18. The van der Waals surface area contributed by atoms with E-state index in [4.69, 9.17) is 9.26 Å². The lowest BCUT2D eigenvalue weighted by molar-refractivity contribution is -0.123. The SMILES string of the molecule is CC(C)c1nc(CC2CCOC3(CCN(C(=O)c4ccsc4)CC3)C2)no1. The zero-order chi connectivity index (χ0) is 18.9. The maximum absolute atomic E-state index is 12.6. The van der Waals surface area contributed by atoms with Gasteiger partial charge in [0.25, 0.3) is 5.91 Å². The standard InChI is InChI=1S/C20H27N3O3S/c1-14(2)18-21-17(22-26-18)11-15-3-9-25-20(12-15)5-7-23(8-6-20)19(24)16-4-10-27-13-16/h4,10,13-15H,3,5-9,11-12H2,1-2H3. The van der Waals surface area contributed by atoms with E-state index in [1.807, 2.05) is 21.7 Å². The third-order valence-corrected chi connectivity index (χ3v) is 6.46. The summed E-state index contributed by atoms with van der Waals surface area (Å²) in [5.41, 5.74) is 0.704. The number of amides is 1. The van der Waals surface area contributed by atoms with Gasteiger partial charge >= 0.3 is 0 Å². The van der Waals surface area contributed by atoms with Gasteiger partial charge in [-0.2, -0.15) is 16.3 Å². The molecule has 1 atom stereocenters. The zero-order valence-corrected chi connectivity index (χ0v) is 16.8. The minimum Gasteiger partial charge on any atom is -0.375 e. The first-order chi connectivity index (χ1) is 13.0. The Balaban J connectivity index is 1.34. The maximum Gasteiger partial charge on any atom is 0.254 e. The third kappa shape index (κ3) is 4.09. The molecule has 2 fully saturated rings. The van der Waals surface area contributed by atoms with Crippen molar-refractivity contribution in [3.05, 3.63) is 34.1 Å². The molecule has 2 saturated heterocycles. The van der Waals surface area contributed by atoms with Crippen LogP contribution in [0.15, 0.2) is 21.3 Å². The second-order valence-electron chi connectivity index (χ2n) is 8.10. The van der Waals surface area contributed by atoms with Gasteiger partial charge in [0.2, 0.25) is 5.89 Å². The van der Waals surface area contributed by atoms with Crippen LogP contribution in [0.1, 0.15) is 67.5 Å². The van der Waals surface area contributed by atoms with Gasteiger partial charge in [0.15, 0.2) is 5.82 Å². The molecule has 4 heterocycles. The van der Waals surface area contributed by atoms with Crippen LogP contribution in [0, 0.1) is 5.92 Å². The first-order valence-corrected chi connectivity index (χ1v) is 10.8. The van der Waals surface area contributed by atoms with E-state index in [0.29, 0.717) is 11.8 Å². The fourth-order valence-corrected chi connectivity index (χ4v) is 4.81. The Labute approximate surface area is 163 Å². The Bertz CT molecular complexity index is 763. The molecule has 1 unspecified atom stereocenters. The number of hydrogen-bond acceptors (Lipinski definition) is 6. The number of hydrogen-bond donors (Lipinski definition) is 0. The van der Waals surface area contributed by atoms with Crippen LogP contribution in [0.2, 0.25) is 0 Å². The van der Waals surface area contributed by atoms with Gasteiger partial charge in [-0.05, 0) is 43.0 Å². The number of carbonyl (C=O) groups excluding carboxylic acids is 1. The number of piperidine rings is 1. The number of thiophene rings is 1. The molecule has 0 aliphatic carbocycles. The summed E-state index contributed by atoms with van der Waals surface area (Å²) < 4.78 is 11.6. The highest BCUT2D eigenvalue weighted by atomic mass is 32.1. The van der Waals surface area contributed by atoms with Gasteiger partial charge in [-0.25, -0.2) is 0 Å². The van der Waals surface area contributed by atoms with Crippen molar-refractivity contribution in [1.82, 2.24) is 15.0 Å². The monoisotopic (exact) mass is 389 g/mol. The van der Waals surface area contributed by atoms with E-state index in [-0.39, 0.29) is 17.4 Å². The Morgan fingerprint density at radius 2 is 2.22 bits per heavy atom. The van der Waals surface area contributed by atoms with Crippen molar-refractivity contribution in [2.75, 3.05) is 19.7 Å². The van der Waals surface area contributed by atoms with Crippen molar-refractivity contribution in [3.63, 3.8) is 0 Å². The van der Waals surface area contributed by atoms with E-state index in [0.717, 1.165) is 63.2 Å². The van der Waals surface area contributed by atoms with Crippen molar-refractivity contribution in [1.29, 1.82) is 0 Å². The summed E-state index contributed by atoms with van der Waals surface area (Å²) >= 11 is 1.57. The molecule has 2 aromatic rings. The summed E-state index contributed by atoms with van der Waals surface area (Å²) in [6, 6.07) is 1.90. The van der Waals surface area contributed by atoms with Crippen molar-refractivity contribution in [2.45, 2.75) is 57.5 Å². The predicted molar refractivity (Wildman–Crippen MR) is 103 cm³/mol. The van der Waals surface area contributed by atoms with E-state index in [2.05, 4.69) is 24.0 Å². The molecule has 1 amide bonds. The van der Waals surface area contributed by atoms with Crippen LogP contribution in [0.3, 0.4) is 0 Å². The summed E-state index contributed by atoms with van der Waals surface area (Å²) in [6.07, 6.45) is 4.70.